The Morgan fingerprint density at radius 3 is 2.76 bits per heavy atom. The number of carbonyl (C=O) groups excluding carboxylic acids is 1. The fourth-order valence-electron chi connectivity index (χ4n) is 2.59. The second-order valence-corrected chi connectivity index (χ2v) is 5.26. The van der Waals surface area contributed by atoms with E-state index in [4.69, 9.17) is 0 Å². The zero-order chi connectivity index (χ0) is 14.8. The van der Waals surface area contributed by atoms with Gasteiger partial charge in [0.2, 0.25) is 11.8 Å². The van der Waals surface area contributed by atoms with E-state index in [9.17, 15) is 9.90 Å². The van der Waals surface area contributed by atoms with Gasteiger partial charge in [0.15, 0.2) is 0 Å². The zero-order valence-electron chi connectivity index (χ0n) is 11.9. The van der Waals surface area contributed by atoms with Crippen molar-refractivity contribution in [1.82, 2.24) is 14.9 Å². The van der Waals surface area contributed by atoms with Crippen LogP contribution in [-0.2, 0) is 24.3 Å². The molecule has 0 saturated carbocycles. The van der Waals surface area contributed by atoms with E-state index >= 15 is 0 Å². The Morgan fingerprint density at radius 2 is 2.00 bits per heavy atom. The van der Waals surface area contributed by atoms with Crippen LogP contribution in [0.2, 0.25) is 0 Å². The van der Waals surface area contributed by atoms with Crippen LogP contribution in [0.4, 0.5) is 0 Å². The van der Waals surface area contributed by atoms with Gasteiger partial charge in [-0.2, -0.15) is 4.98 Å². The standard InChI is InChI=1S/C16H17N3O2/c1-11-17-14-10-19(9-13(14)16(21)18-11)15(20)8-7-12-5-3-2-4-6-12/h2-6H,7-10H2,1H3,(H,17,18,21). The number of aromatic hydroxyl groups is 1. The number of nitrogens with zero attached hydrogens (tertiary/aromatic N) is 3. The third-order valence-electron chi connectivity index (χ3n) is 3.70. The van der Waals surface area contributed by atoms with Gasteiger partial charge in [0, 0.05) is 6.42 Å². The van der Waals surface area contributed by atoms with Gasteiger partial charge in [0.05, 0.1) is 24.3 Å². The summed E-state index contributed by atoms with van der Waals surface area (Å²) in [5.41, 5.74) is 2.59. The number of hydrogen-bond donors (Lipinski definition) is 1. The maximum absolute atomic E-state index is 12.3. The van der Waals surface area contributed by atoms with Crippen LogP contribution in [0, 0.1) is 6.92 Å². The molecule has 1 aromatic carbocycles. The molecule has 0 unspecified atom stereocenters. The van der Waals surface area contributed by atoms with E-state index in [0.29, 0.717) is 30.9 Å². The van der Waals surface area contributed by atoms with Crippen molar-refractivity contribution in [2.75, 3.05) is 0 Å². The summed E-state index contributed by atoms with van der Waals surface area (Å²) in [6, 6.07) is 9.95. The molecule has 3 rings (SSSR count). The zero-order valence-corrected chi connectivity index (χ0v) is 11.9. The maximum Gasteiger partial charge on any atom is 0.223 e. The summed E-state index contributed by atoms with van der Waals surface area (Å²) < 4.78 is 0. The van der Waals surface area contributed by atoms with Crippen molar-refractivity contribution >= 4 is 5.91 Å². The van der Waals surface area contributed by atoms with Crippen LogP contribution in [0.5, 0.6) is 5.88 Å². The number of aromatic nitrogens is 2. The monoisotopic (exact) mass is 283 g/mol. The minimum absolute atomic E-state index is 0.00383. The predicted octanol–water partition coefficient (Wildman–Crippen LogP) is 1.97. The first-order chi connectivity index (χ1) is 10.1. The molecule has 0 fully saturated rings. The molecule has 5 heteroatoms. The van der Waals surface area contributed by atoms with E-state index in [1.165, 1.54) is 0 Å². The van der Waals surface area contributed by atoms with Crippen LogP contribution in [0.3, 0.4) is 0 Å². The highest BCUT2D eigenvalue weighted by atomic mass is 16.3. The number of amides is 1. The second-order valence-electron chi connectivity index (χ2n) is 5.26. The molecule has 5 nitrogen and oxygen atoms in total. The van der Waals surface area contributed by atoms with Crippen molar-refractivity contribution in [3.63, 3.8) is 0 Å². The fraction of sp³-hybridized carbons (Fsp3) is 0.312. The Labute approximate surface area is 123 Å². The van der Waals surface area contributed by atoms with Crippen molar-refractivity contribution < 1.29 is 9.90 Å². The minimum atomic E-state index is -0.00383. The van der Waals surface area contributed by atoms with Gasteiger partial charge in [-0.25, -0.2) is 4.98 Å². The molecule has 1 aliphatic heterocycles. The Hall–Kier alpha value is -2.43. The molecule has 2 heterocycles. The normalized spacial score (nSPS) is 13.3. The van der Waals surface area contributed by atoms with Crippen LogP contribution in [0.25, 0.3) is 0 Å². The Bertz CT molecular complexity index is 671. The molecule has 0 spiro atoms. The van der Waals surface area contributed by atoms with Gasteiger partial charge in [0.1, 0.15) is 5.82 Å². The molecule has 108 valence electrons. The number of rotatable bonds is 3. The van der Waals surface area contributed by atoms with Gasteiger partial charge in [0.25, 0.3) is 0 Å². The van der Waals surface area contributed by atoms with Gasteiger partial charge in [-0.3, -0.25) is 4.79 Å². The molecule has 0 saturated heterocycles. The van der Waals surface area contributed by atoms with Crippen molar-refractivity contribution in [2.24, 2.45) is 0 Å². The Balaban J connectivity index is 1.64. The van der Waals surface area contributed by atoms with Crippen molar-refractivity contribution in [3.05, 3.63) is 53.0 Å². The van der Waals surface area contributed by atoms with E-state index < -0.39 is 0 Å². The van der Waals surface area contributed by atoms with Crippen molar-refractivity contribution in [1.29, 1.82) is 0 Å². The molecule has 1 N–H and O–H groups in total. The molecule has 0 bridgehead atoms. The lowest BCUT2D eigenvalue weighted by Crippen LogP contribution is -2.25. The number of hydrogen-bond acceptors (Lipinski definition) is 4. The summed E-state index contributed by atoms with van der Waals surface area (Å²) >= 11 is 0. The molecule has 0 aliphatic carbocycles. The van der Waals surface area contributed by atoms with Gasteiger partial charge in [-0.15, -0.1) is 0 Å². The third-order valence-corrected chi connectivity index (χ3v) is 3.70. The highest BCUT2D eigenvalue weighted by Crippen LogP contribution is 2.27. The van der Waals surface area contributed by atoms with Crippen molar-refractivity contribution in [2.45, 2.75) is 32.9 Å². The van der Waals surface area contributed by atoms with E-state index in [-0.39, 0.29) is 11.8 Å². The van der Waals surface area contributed by atoms with Crippen LogP contribution in [0.15, 0.2) is 30.3 Å². The highest BCUT2D eigenvalue weighted by molar-refractivity contribution is 5.77. The third kappa shape index (κ3) is 2.86. The smallest absolute Gasteiger partial charge is 0.223 e. The number of fused-ring (bicyclic) bond motifs is 1. The molecule has 0 radical (unpaired) electrons. The second kappa shape index (κ2) is 5.52. The summed E-state index contributed by atoms with van der Waals surface area (Å²) in [5, 5.41) is 9.83. The first kappa shape index (κ1) is 13.5. The van der Waals surface area contributed by atoms with Gasteiger partial charge < -0.3 is 10.0 Å². The summed E-state index contributed by atoms with van der Waals surface area (Å²) in [7, 11) is 0. The topological polar surface area (TPSA) is 66.3 Å². The predicted molar refractivity (Wildman–Crippen MR) is 77.5 cm³/mol. The maximum atomic E-state index is 12.3. The fourth-order valence-corrected chi connectivity index (χ4v) is 2.59. The largest absolute Gasteiger partial charge is 0.493 e. The van der Waals surface area contributed by atoms with E-state index in [0.717, 1.165) is 17.7 Å². The molecule has 1 aromatic heterocycles. The van der Waals surface area contributed by atoms with Crippen LogP contribution in [0.1, 0.15) is 29.1 Å². The average Bonchev–Trinajstić information content (AvgIpc) is 2.90. The molecular formula is C16H17N3O2. The summed E-state index contributed by atoms with van der Waals surface area (Å²) in [6.45, 7) is 2.59. The first-order valence-corrected chi connectivity index (χ1v) is 7.00. The Kier molecular flexibility index (Phi) is 3.56. The molecule has 1 aliphatic rings. The van der Waals surface area contributed by atoms with E-state index in [1.807, 2.05) is 30.3 Å². The number of benzene rings is 1. The molecular weight excluding hydrogens is 266 g/mol. The molecule has 0 atom stereocenters. The molecule has 21 heavy (non-hydrogen) atoms. The molecule has 1 amide bonds. The van der Waals surface area contributed by atoms with Gasteiger partial charge in [-0.1, -0.05) is 30.3 Å². The highest BCUT2D eigenvalue weighted by Gasteiger charge is 2.27. The minimum Gasteiger partial charge on any atom is -0.493 e. The Morgan fingerprint density at radius 1 is 1.24 bits per heavy atom. The quantitative estimate of drug-likeness (QED) is 0.935. The SMILES string of the molecule is Cc1nc(O)c2c(n1)CN(C(=O)CCc1ccccc1)C2. The summed E-state index contributed by atoms with van der Waals surface area (Å²) in [4.78, 5) is 22.2. The summed E-state index contributed by atoms with van der Waals surface area (Å²) in [5.74, 6) is 0.606. The van der Waals surface area contributed by atoms with Gasteiger partial charge >= 0.3 is 0 Å². The van der Waals surface area contributed by atoms with Crippen LogP contribution >= 0.6 is 0 Å². The van der Waals surface area contributed by atoms with E-state index in [1.54, 1.807) is 11.8 Å². The van der Waals surface area contributed by atoms with E-state index in [2.05, 4.69) is 9.97 Å². The summed E-state index contributed by atoms with van der Waals surface area (Å²) in [6.07, 6.45) is 1.19. The first-order valence-electron chi connectivity index (χ1n) is 7.00. The lowest BCUT2D eigenvalue weighted by atomic mass is 10.1. The molecule has 2 aromatic rings. The van der Waals surface area contributed by atoms with Crippen LogP contribution in [-0.4, -0.2) is 25.9 Å². The number of carbonyl (C=O) groups is 1. The number of aryl methyl sites for hydroxylation is 2. The van der Waals surface area contributed by atoms with Crippen molar-refractivity contribution in [3.8, 4) is 5.88 Å². The van der Waals surface area contributed by atoms with Gasteiger partial charge in [-0.05, 0) is 18.9 Å². The lowest BCUT2D eigenvalue weighted by molar-refractivity contribution is -0.131. The average molecular weight is 283 g/mol. The van der Waals surface area contributed by atoms with Crippen LogP contribution < -0.4 is 0 Å². The lowest BCUT2D eigenvalue weighted by Gasteiger charge is -2.14.